The molecule has 0 bridgehead atoms. The lowest BCUT2D eigenvalue weighted by atomic mass is 10.1. The molecule has 9 nitrogen and oxygen atoms in total. The van der Waals surface area contributed by atoms with Crippen molar-refractivity contribution in [2.45, 2.75) is 12.8 Å². The van der Waals surface area contributed by atoms with Crippen LogP contribution >= 0.6 is 0 Å². The summed E-state index contributed by atoms with van der Waals surface area (Å²) < 4.78 is 45.9. The minimum Gasteiger partial charge on any atom is -0.489 e. The van der Waals surface area contributed by atoms with Gasteiger partial charge in [0.2, 0.25) is 5.91 Å². The number of carbonyl (C=O) groups is 3. The van der Waals surface area contributed by atoms with E-state index in [4.69, 9.17) is 4.74 Å². The van der Waals surface area contributed by atoms with E-state index < -0.39 is 29.1 Å². The number of rotatable bonds is 8. The lowest BCUT2D eigenvalue weighted by Crippen LogP contribution is -2.52. The van der Waals surface area contributed by atoms with E-state index in [1.165, 1.54) is 21.9 Å². The number of hydrogen-bond acceptors (Lipinski definition) is 5. The van der Waals surface area contributed by atoms with Gasteiger partial charge >= 0.3 is 6.18 Å². The number of carbonyl (C=O) groups excluding carboxylic acids is 3. The van der Waals surface area contributed by atoms with Crippen LogP contribution in [-0.4, -0.2) is 70.4 Å². The second-order valence-electron chi connectivity index (χ2n) is 9.87. The molecule has 3 amide bonds. The van der Waals surface area contributed by atoms with Crippen molar-refractivity contribution in [3.05, 3.63) is 107 Å². The molecule has 12 heteroatoms. The van der Waals surface area contributed by atoms with Gasteiger partial charge < -0.3 is 19.9 Å². The Hall–Kier alpha value is -5.13. The zero-order valence-corrected chi connectivity index (χ0v) is 22.9. The van der Waals surface area contributed by atoms with E-state index in [1.807, 2.05) is 54.6 Å². The largest absolute Gasteiger partial charge is 0.489 e. The molecule has 1 aromatic heterocycles. The zero-order valence-electron chi connectivity index (χ0n) is 22.9. The number of H-pyrrole nitrogens is 1. The van der Waals surface area contributed by atoms with Crippen molar-refractivity contribution in [3.63, 3.8) is 0 Å². The molecule has 0 atom stereocenters. The molecule has 0 spiro atoms. The third kappa shape index (κ3) is 7.21. The summed E-state index contributed by atoms with van der Waals surface area (Å²) in [6.45, 7) is 0.521. The molecule has 1 aliphatic rings. The predicted octanol–water partition coefficient (Wildman–Crippen LogP) is 4.39. The first-order valence-electron chi connectivity index (χ1n) is 13.5. The number of halogens is 3. The Morgan fingerprint density at radius 3 is 2.30 bits per heavy atom. The molecule has 1 saturated heterocycles. The van der Waals surface area contributed by atoms with E-state index in [2.05, 4.69) is 15.5 Å². The molecule has 222 valence electrons. The Morgan fingerprint density at radius 2 is 1.56 bits per heavy atom. The van der Waals surface area contributed by atoms with Gasteiger partial charge in [0.15, 0.2) is 0 Å². The smallest absolute Gasteiger partial charge is 0.417 e. The van der Waals surface area contributed by atoms with Crippen molar-refractivity contribution < 1.29 is 32.3 Å². The molecular formula is C31H28F3N5O4. The van der Waals surface area contributed by atoms with Gasteiger partial charge in [0.25, 0.3) is 11.8 Å². The van der Waals surface area contributed by atoms with Gasteiger partial charge in [-0.2, -0.15) is 18.3 Å². The summed E-state index contributed by atoms with van der Waals surface area (Å²) in [5, 5.41) is 9.45. The average Bonchev–Trinajstić information content (AvgIpc) is 3.53. The first-order valence-corrected chi connectivity index (χ1v) is 13.5. The minimum atomic E-state index is -4.65. The number of amides is 3. The lowest BCUT2D eigenvalue weighted by Gasteiger charge is -2.35. The van der Waals surface area contributed by atoms with Crippen LogP contribution < -0.4 is 10.1 Å². The standard InChI is InChI=1S/C31H28F3N5O4/c32-31(33,34)25-12-5-4-11-24(25)30(42)39-15-13-38(14-16-39)28(40)19-35-29(41)27-18-26(36-37-27)22-9-6-10-23(17-22)43-20-21-7-2-1-3-8-21/h1-12,17-18H,13-16,19-20H2,(H,35,41)(H,36,37). The fraction of sp³-hybridized carbons (Fsp3) is 0.226. The van der Waals surface area contributed by atoms with E-state index in [0.29, 0.717) is 18.1 Å². The van der Waals surface area contributed by atoms with Crippen LogP contribution in [0.25, 0.3) is 11.3 Å². The summed E-state index contributed by atoms with van der Waals surface area (Å²) in [5.41, 5.74) is 1.04. The van der Waals surface area contributed by atoms with Gasteiger partial charge in [-0.25, -0.2) is 0 Å². The van der Waals surface area contributed by atoms with Crippen LogP contribution in [0, 0.1) is 0 Å². The van der Waals surface area contributed by atoms with Crippen molar-refractivity contribution in [1.29, 1.82) is 0 Å². The molecule has 5 rings (SSSR count). The van der Waals surface area contributed by atoms with Crippen LogP contribution in [0.3, 0.4) is 0 Å². The van der Waals surface area contributed by atoms with Crippen molar-refractivity contribution in [3.8, 4) is 17.0 Å². The van der Waals surface area contributed by atoms with Gasteiger partial charge in [-0.3, -0.25) is 19.5 Å². The minimum absolute atomic E-state index is 0.0722. The quantitative estimate of drug-likeness (QED) is 0.316. The number of hydrogen-bond donors (Lipinski definition) is 2. The number of alkyl halides is 3. The van der Waals surface area contributed by atoms with Crippen LogP contribution in [0.15, 0.2) is 84.9 Å². The molecule has 0 aliphatic carbocycles. The average molecular weight is 592 g/mol. The van der Waals surface area contributed by atoms with Crippen LogP contribution in [-0.2, 0) is 17.6 Å². The summed E-state index contributed by atoms with van der Waals surface area (Å²) in [5.74, 6) is -0.996. The normalized spacial score (nSPS) is 13.5. The maximum absolute atomic E-state index is 13.3. The Morgan fingerprint density at radius 1 is 0.860 bits per heavy atom. The molecule has 2 N–H and O–H groups in total. The molecule has 0 radical (unpaired) electrons. The SMILES string of the molecule is O=C(NCC(=O)N1CCN(C(=O)c2ccccc2C(F)(F)F)CC1)c1cc(-c2cccc(OCc3ccccc3)c2)n[nH]1. The van der Waals surface area contributed by atoms with E-state index in [1.54, 1.807) is 6.07 Å². The fourth-order valence-electron chi connectivity index (χ4n) is 4.68. The van der Waals surface area contributed by atoms with E-state index in [0.717, 1.165) is 23.3 Å². The second-order valence-corrected chi connectivity index (χ2v) is 9.87. The summed E-state index contributed by atoms with van der Waals surface area (Å²) in [4.78, 5) is 40.9. The highest BCUT2D eigenvalue weighted by Crippen LogP contribution is 2.32. The molecule has 0 saturated carbocycles. The molecule has 3 aromatic carbocycles. The van der Waals surface area contributed by atoms with E-state index in [-0.39, 0.29) is 44.3 Å². The van der Waals surface area contributed by atoms with Gasteiger partial charge in [-0.1, -0.05) is 54.6 Å². The molecule has 4 aromatic rings. The molecule has 1 aliphatic heterocycles. The first kappa shape index (κ1) is 29.4. The topological polar surface area (TPSA) is 108 Å². The fourth-order valence-corrected chi connectivity index (χ4v) is 4.68. The van der Waals surface area contributed by atoms with Crippen LogP contribution in [0.1, 0.15) is 32.0 Å². The monoisotopic (exact) mass is 591 g/mol. The highest BCUT2D eigenvalue weighted by Gasteiger charge is 2.36. The Balaban J connectivity index is 1.11. The molecule has 1 fully saturated rings. The van der Waals surface area contributed by atoms with Gasteiger partial charge in [0, 0.05) is 31.7 Å². The van der Waals surface area contributed by atoms with Crippen LogP contribution in [0.2, 0.25) is 0 Å². The lowest BCUT2D eigenvalue weighted by molar-refractivity contribution is -0.138. The predicted molar refractivity (Wildman–Crippen MR) is 151 cm³/mol. The Bertz CT molecular complexity index is 1600. The number of ether oxygens (including phenoxy) is 1. The highest BCUT2D eigenvalue weighted by atomic mass is 19.4. The Labute approximate surface area is 245 Å². The Kier molecular flexibility index (Phi) is 8.74. The molecule has 43 heavy (non-hydrogen) atoms. The van der Waals surface area contributed by atoms with E-state index in [9.17, 15) is 27.6 Å². The van der Waals surface area contributed by atoms with Crippen molar-refractivity contribution in [2.24, 2.45) is 0 Å². The summed E-state index contributed by atoms with van der Waals surface area (Å²) in [6, 6.07) is 23.3. The number of nitrogens with one attached hydrogen (secondary N) is 2. The second kappa shape index (κ2) is 12.8. The summed E-state index contributed by atoms with van der Waals surface area (Å²) >= 11 is 0. The number of benzene rings is 3. The number of aromatic nitrogens is 2. The molecule has 2 heterocycles. The van der Waals surface area contributed by atoms with Gasteiger partial charge in [-0.15, -0.1) is 0 Å². The van der Waals surface area contributed by atoms with Crippen LogP contribution in [0.5, 0.6) is 5.75 Å². The van der Waals surface area contributed by atoms with Gasteiger partial charge in [0.1, 0.15) is 18.1 Å². The van der Waals surface area contributed by atoms with Crippen molar-refractivity contribution >= 4 is 17.7 Å². The molecular weight excluding hydrogens is 563 g/mol. The summed E-state index contributed by atoms with van der Waals surface area (Å²) in [7, 11) is 0. The number of piperazine rings is 1. The van der Waals surface area contributed by atoms with Crippen LogP contribution in [0.4, 0.5) is 13.2 Å². The van der Waals surface area contributed by atoms with Crippen molar-refractivity contribution in [2.75, 3.05) is 32.7 Å². The summed E-state index contributed by atoms with van der Waals surface area (Å²) in [6.07, 6.45) is -4.65. The van der Waals surface area contributed by atoms with Gasteiger partial charge in [-0.05, 0) is 35.9 Å². The first-order chi connectivity index (χ1) is 20.7. The number of aromatic amines is 1. The molecule has 0 unspecified atom stereocenters. The zero-order chi connectivity index (χ0) is 30.4. The maximum atomic E-state index is 13.3. The van der Waals surface area contributed by atoms with Gasteiger partial charge in [0.05, 0.1) is 23.4 Å². The highest BCUT2D eigenvalue weighted by molar-refractivity contribution is 5.97. The third-order valence-electron chi connectivity index (χ3n) is 6.98. The maximum Gasteiger partial charge on any atom is 0.417 e. The van der Waals surface area contributed by atoms with E-state index >= 15 is 0 Å². The van der Waals surface area contributed by atoms with Crippen molar-refractivity contribution in [1.82, 2.24) is 25.3 Å². The number of nitrogens with zero attached hydrogens (tertiary/aromatic N) is 3. The third-order valence-corrected chi connectivity index (χ3v) is 6.98.